The van der Waals surface area contributed by atoms with Gasteiger partial charge in [0.25, 0.3) is 5.69 Å². The van der Waals surface area contributed by atoms with E-state index in [0.29, 0.717) is 5.56 Å². The average molecular weight is 285 g/mol. The van der Waals surface area contributed by atoms with Crippen LogP contribution < -0.4 is 0 Å². The first-order chi connectivity index (χ1) is 10.2. The molecule has 106 valence electrons. The average Bonchev–Trinajstić information content (AvgIpc) is 3.14. The summed E-state index contributed by atoms with van der Waals surface area (Å²) in [7, 11) is 0. The predicted molar refractivity (Wildman–Crippen MR) is 75.6 cm³/mol. The fourth-order valence-electron chi connectivity index (χ4n) is 2.47. The Balaban J connectivity index is 2.20. The van der Waals surface area contributed by atoms with E-state index in [0.717, 1.165) is 17.5 Å². The van der Waals surface area contributed by atoms with Crippen molar-refractivity contribution in [3.8, 4) is 0 Å². The fourth-order valence-corrected chi connectivity index (χ4v) is 2.47. The number of halogens is 1. The number of nitro benzene ring substituents is 1. The standard InChI is InChI=1S/C15H12FN3O2/c16-10-5-6-11(14(9-10)19(20)21)15(12-3-1-7-17-12)13-4-2-8-18-13/h1-9,15,17-18H. The van der Waals surface area contributed by atoms with Crippen molar-refractivity contribution in [2.45, 2.75) is 5.92 Å². The Labute approximate surface area is 119 Å². The maximum atomic E-state index is 13.3. The number of H-pyrrole nitrogens is 2. The lowest BCUT2D eigenvalue weighted by Crippen LogP contribution is -2.07. The van der Waals surface area contributed by atoms with Crippen molar-refractivity contribution >= 4 is 5.69 Å². The molecule has 3 rings (SSSR count). The summed E-state index contributed by atoms with van der Waals surface area (Å²) in [4.78, 5) is 16.8. The Morgan fingerprint density at radius 2 is 1.67 bits per heavy atom. The third-order valence-electron chi connectivity index (χ3n) is 3.37. The number of nitrogens with one attached hydrogen (secondary N) is 2. The number of aromatic amines is 2. The SMILES string of the molecule is O=[N+]([O-])c1cc(F)ccc1C(c1ccc[nH]1)c1ccc[nH]1. The smallest absolute Gasteiger partial charge is 0.276 e. The molecule has 1 aromatic carbocycles. The van der Waals surface area contributed by atoms with Crippen LogP contribution in [0.3, 0.4) is 0 Å². The monoisotopic (exact) mass is 285 g/mol. The number of nitrogens with zero attached hydrogens (tertiary/aromatic N) is 1. The van der Waals surface area contributed by atoms with E-state index in [4.69, 9.17) is 0 Å². The molecular formula is C15H12FN3O2. The molecule has 0 saturated heterocycles. The van der Waals surface area contributed by atoms with Crippen molar-refractivity contribution < 1.29 is 9.31 Å². The molecule has 0 atom stereocenters. The van der Waals surface area contributed by atoms with E-state index in [2.05, 4.69) is 9.97 Å². The Morgan fingerprint density at radius 3 is 2.14 bits per heavy atom. The molecule has 0 aliphatic carbocycles. The maximum absolute atomic E-state index is 13.3. The van der Waals surface area contributed by atoms with Crippen LogP contribution in [-0.2, 0) is 0 Å². The van der Waals surface area contributed by atoms with Crippen molar-refractivity contribution in [2.24, 2.45) is 0 Å². The highest BCUT2D eigenvalue weighted by molar-refractivity contribution is 5.50. The van der Waals surface area contributed by atoms with Gasteiger partial charge in [-0.2, -0.15) is 0 Å². The first-order valence-electron chi connectivity index (χ1n) is 6.37. The van der Waals surface area contributed by atoms with Crippen LogP contribution in [0.15, 0.2) is 54.9 Å². The fraction of sp³-hybridized carbons (Fsp3) is 0.0667. The Morgan fingerprint density at radius 1 is 1.05 bits per heavy atom. The first kappa shape index (κ1) is 13.1. The largest absolute Gasteiger partial charge is 0.364 e. The second kappa shape index (κ2) is 5.24. The van der Waals surface area contributed by atoms with Gasteiger partial charge in [-0.1, -0.05) is 0 Å². The van der Waals surface area contributed by atoms with E-state index in [-0.39, 0.29) is 11.6 Å². The summed E-state index contributed by atoms with van der Waals surface area (Å²) < 4.78 is 13.3. The van der Waals surface area contributed by atoms with E-state index < -0.39 is 10.7 Å². The molecule has 0 saturated carbocycles. The molecule has 0 bridgehead atoms. The third-order valence-corrected chi connectivity index (χ3v) is 3.37. The van der Waals surface area contributed by atoms with Crippen LogP contribution in [0.25, 0.3) is 0 Å². The summed E-state index contributed by atoms with van der Waals surface area (Å²) in [6, 6.07) is 11.0. The normalized spacial score (nSPS) is 11.0. The highest BCUT2D eigenvalue weighted by Crippen LogP contribution is 2.35. The van der Waals surface area contributed by atoms with Crippen LogP contribution >= 0.6 is 0 Å². The highest BCUT2D eigenvalue weighted by atomic mass is 19.1. The lowest BCUT2D eigenvalue weighted by molar-refractivity contribution is -0.385. The lowest BCUT2D eigenvalue weighted by Gasteiger charge is -2.15. The maximum Gasteiger partial charge on any atom is 0.276 e. The highest BCUT2D eigenvalue weighted by Gasteiger charge is 2.27. The van der Waals surface area contributed by atoms with Gasteiger partial charge in [-0.25, -0.2) is 4.39 Å². The van der Waals surface area contributed by atoms with E-state index in [1.807, 2.05) is 24.3 Å². The molecule has 2 N–H and O–H groups in total. The van der Waals surface area contributed by atoms with Gasteiger partial charge in [-0.15, -0.1) is 0 Å². The zero-order chi connectivity index (χ0) is 14.8. The van der Waals surface area contributed by atoms with Gasteiger partial charge in [0.05, 0.1) is 16.9 Å². The van der Waals surface area contributed by atoms with Crippen LogP contribution in [0.5, 0.6) is 0 Å². The zero-order valence-corrected chi connectivity index (χ0v) is 10.9. The van der Waals surface area contributed by atoms with Gasteiger partial charge in [0.2, 0.25) is 0 Å². The summed E-state index contributed by atoms with van der Waals surface area (Å²) >= 11 is 0. The van der Waals surface area contributed by atoms with Crippen LogP contribution in [0.2, 0.25) is 0 Å². The lowest BCUT2D eigenvalue weighted by atomic mass is 9.91. The van der Waals surface area contributed by atoms with E-state index >= 15 is 0 Å². The van der Waals surface area contributed by atoms with E-state index in [9.17, 15) is 14.5 Å². The molecular weight excluding hydrogens is 273 g/mol. The molecule has 5 nitrogen and oxygen atoms in total. The molecule has 0 aliphatic heterocycles. The van der Waals surface area contributed by atoms with Crippen LogP contribution in [0.1, 0.15) is 22.9 Å². The number of benzene rings is 1. The second-order valence-corrected chi connectivity index (χ2v) is 4.64. The third kappa shape index (κ3) is 2.43. The van der Waals surface area contributed by atoms with Crippen molar-refractivity contribution in [1.82, 2.24) is 9.97 Å². The van der Waals surface area contributed by atoms with Crippen LogP contribution in [0.4, 0.5) is 10.1 Å². The Kier molecular flexibility index (Phi) is 3.27. The number of rotatable bonds is 4. The quantitative estimate of drug-likeness (QED) is 0.568. The number of hydrogen-bond donors (Lipinski definition) is 2. The van der Waals surface area contributed by atoms with Gasteiger partial charge >= 0.3 is 0 Å². The molecule has 0 aliphatic rings. The summed E-state index contributed by atoms with van der Waals surface area (Å²) in [6.07, 6.45) is 3.50. The number of aromatic nitrogens is 2. The summed E-state index contributed by atoms with van der Waals surface area (Å²) in [6.45, 7) is 0. The molecule has 2 aromatic heterocycles. The van der Waals surface area contributed by atoms with Gasteiger partial charge in [-0.3, -0.25) is 10.1 Å². The molecule has 21 heavy (non-hydrogen) atoms. The molecule has 0 fully saturated rings. The zero-order valence-electron chi connectivity index (χ0n) is 10.9. The number of hydrogen-bond acceptors (Lipinski definition) is 2. The second-order valence-electron chi connectivity index (χ2n) is 4.64. The Hall–Kier alpha value is -2.89. The van der Waals surface area contributed by atoms with Crippen molar-refractivity contribution in [1.29, 1.82) is 0 Å². The van der Waals surface area contributed by atoms with Gasteiger partial charge in [-0.05, 0) is 36.4 Å². The van der Waals surface area contributed by atoms with Crippen molar-refractivity contribution in [2.75, 3.05) is 0 Å². The minimum Gasteiger partial charge on any atom is -0.364 e. The topological polar surface area (TPSA) is 74.7 Å². The van der Waals surface area contributed by atoms with Gasteiger partial charge < -0.3 is 9.97 Å². The first-order valence-corrected chi connectivity index (χ1v) is 6.37. The van der Waals surface area contributed by atoms with E-state index in [1.165, 1.54) is 12.1 Å². The van der Waals surface area contributed by atoms with Gasteiger partial charge in [0.1, 0.15) is 5.82 Å². The van der Waals surface area contributed by atoms with Gasteiger partial charge in [0.15, 0.2) is 0 Å². The molecule has 0 amide bonds. The summed E-state index contributed by atoms with van der Waals surface area (Å²) in [5.41, 5.74) is 1.80. The van der Waals surface area contributed by atoms with Crippen molar-refractivity contribution in [3.63, 3.8) is 0 Å². The predicted octanol–water partition coefficient (Wildman–Crippen LogP) is 3.57. The molecule has 2 heterocycles. The minimum absolute atomic E-state index is 0.232. The van der Waals surface area contributed by atoms with Gasteiger partial charge in [0, 0.05) is 29.3 Å². The molecule has 0 spiro atoms. The van der Waals surface area contributed by atoms with Crippen LogP contribution in [-0.4, -0.2) is 14.9 Å². The molecule has 6 heteroatoms. The van der Waals surface area contributed by atoms with Crippen LogP contribution in [0, 0.1) is 15.9 Å². The molecule has 0 radical (unpaired) electrons. The molecule has 3 aromatic rings. The van der Waals surface area contributed by atoms with E-state index in [1.54, 1.807) is 12.4 Å². The summed E-state index contributed by atoms with van der Waals surface area (Å²) in [5.74, 6) is -1.00. The summed E-state index contributed by atoms with van der Waals surface area (Å²) in [5, 5.41) is 11.2. The Bertz CT molecular complexity index is 717. The van der Waals surface area contributed by atoms with Crippen molar-refractivity contribution in [3.05, 3.63) is 87.7 Å². The molecule has 0 unspecified atom stereocenters. The minimum atomic E-state index is -0.623. The number of nitro groups is 1.